The van der Waals surface area contributed by atoms with Crippen LogP contribution in [0.15, 0.2) is 182 Å². The topological polar surface area (TPSA) is 78.9 Å². The van der Waals surface area contributed by atoms with E-state index in [1.54, 1.807) is 0 Å². The van der Waals surface area contributed by atoms with Gasteiger partial charge in [-0.25, -0.2) is 0 Å². The van der Waals surface area contributed by atoms with Crippen LogP contribution in [0.5, 0.6) is 0 Å². The van der Waals surface area contributed by atoms with Gasteiger partial charge in [-0.3, -0.25) is 14.4 Å². The molecule has 0 aromatic rings. The smallest absolute Gasteiger partial charge is 0.306 e. The van der Waals surface area contributed by atoms with E-state index in [1.165, 1.54) is 70.6 Å². The number of esters is 3. The maximum Gasteiger partial charge on any atom is 0.306 e. The van der Waals surface area contributed by atoms with Crippen molar-refractivity contribution in [3.63, 3.8) is 0 Å². The van der Waals surface area contributed by atoms with E-state index >= 15 is 0 Å². The standard InChI is InChI=1S/C76H118O6/c1-4-7-10-13-16-19-22-25-28-30-32-34-36-37-38-39-41-42-44-46-48-51-54-57-60-63-66-69-75(78)81-72-73(71-80-74(77)68-65-62-59-56-53-50-27-24-21-18-15-12-9-6-3)82-76(79)70-67-64-61-58-55-52-49-47-45-43-40-35-33-31-29-26-23-20-17-14-11-8-5-2/h7-8,10-11,16-17,19-20,25-26,28-29,32-35,37-38,41-43,45-46,48-49,52,54,57-58,61,73H,4-6,9,12-15,18,21-24,27,30-31,36,39-40,44,47,50-51,53,55-56,59-60,62-72H2,1-3H3/b10-7-,11-8-,19-16-,20-17-,28-25-,29-26-,34-32-,35-33-,38-37-,42-41-,45-43-,48-46-,52-49-,57-54-,61-58-. The van der Waals surface area contributed by atoms with Crippen molar-refractivity contribution in [3.8, 4) is 0 Å². The third kappa shape index (κ3) is 65.3. The second-order valence-corrected chi connectivity index (χ2v) is 20.9. The molecule has 0 radical (unpaired) electrons. The highest BCUT2D eigenvalue weighted by Crippen LogP contribution is 2.15. The third-order valence-electron chi connectivity index (χ3n) is 13.2. The lowest BCUT2D eigenvalue weighted by Gasteiger charge is -2.18. The molecule has 0 rings (SSSR count). The molecule has 0 saturated heterocycles. The van der Waals surface area contributed by atoms with E-state index in [-0.39, 0.29) is 44.0 Å². The number of allylic oxidation sites excluding steroid dienone is 30. The van der Waals surface area contributed by atoms with E-state index < -0.39 is 6.10 Å². The van der Waals surface area contributed by atoms with Gasteiger partial charge in [0, 0.05) is 19.3 Å². The van der Waals surface area contributed by atoms with Crippen LogP contribution in [0.2, 0.25) is 0 Å². The Kier molecular flexibility index (Phi) is 63.5. The number of hydrogen-bond acceptors (Lipinski definition) is 6. The first-order valence-electron chi connectivity index (χ1n) is 32.8. The summed E-state index contributed by atoms with van der Waals surface area (Å²) < 4.78 is 16.8. The average molecular weight is 1130 g/mol. The molecule has 0 spiro atoms. The van der Waals surface area contributed by atoms with Gasteiger partial charge in [0.05, 0.1) is 0 Å². The first-order chi connectivity index (χ1) is 40.5. The molecule has 0 heterocycles. The number of rotatable bonds is 57. The molecule has 0 saturated carbocycles. The molecular weight excluding hydrogens is 1010 g/mol. The SMILES string of the molecule is CC/C=C\C/C=C\C/C=C\C/C=C\C/C=C\C/C=C\C/C=C\C/C=C\CCCCC(=O)OCC(COC(=O)CCCCCCCCCCCCCCCC)OC(=O)CCC/C=C\C/C=C\C/C=C\C/C=C\C/C=C\C/C=C\C/C=C\CC. The summed E-state index contributed by atoms with van der Waals surface area (Å²) in [7, 11) is 0. The summed E-state index contributed by atoms with van der Waals surface area (Å²) in [6.07, 6.45) is 102. The molecule has 6 nitrogen and oxygen atoms in total. The van der Waals surface area contributed by atoms with Crippen molar-refractivity contribution in [1.82, 2.24) is 0 Å². The van der Waals surface area contributed by atoms with E-state index in [0.29, 0.717) is 19.3 Å². The second-order valence-electron chi connectivity index (χ2n) is 20.9. The number of ether oxygens (including phenoxy) is 3. The number of hydrogen-bond donors (Lipinski definition) is 0. The highest BCUT2D eigenvalue weighted by molar-refractivity contribution is 5.71. The molecule has 1 atom stereocenters. The van der Waals surface area contributed by atoms with Gasteiger partial charge >= 0.3 is 17.9 Å². The maximum absolute atomic E-state index is 12.9. The first-order valence-corrected chi connectivity index (χ1v) is 32.8. The molecule has 0 aromatic carbocycles. The minimum absolute atomic E-state index is 0.122. The zero-order valence-electron chi connectivity index (χ0n) is 52.4. The average Bonchev–Trinajstić information content (AvgIpc) is 3.48. The van der Waals surface area contributed by atoms with Crippen LogP contribution in [-0.2, 0) is 28.6 Å². The molecule has 0 aromatic heterocycles. The fraction of sp³-hybridized carbons (Fsp3) is 0.566. The summed E-state index contributed by atoms with van der Waals surface area (Å²) in [4.78, 5) is 38.3. The molecule has 0 aliphatic heterocycles. The molecule has 6 heteroatoms. The van der Waals surface area contributed by atoms with Crippen LogP contribution >= 0.6 is 0 Å². The monoisotopic (exact) mass is 1130 g/mol. The third-order valence-corrected chi connectivity index (χ3v) is 13.2. The van der Waals surface area contributed by atoms with Crippen molar-refractivity contribution in [2.24, 2.45) is 0 Å². The maximum atomic E-state index is 12.9. The van der Waals surface area contributed by atoms with Gasteiger partial charge in [-0.05, 0) is 135 Å². The van der Waals surface area contributed by atoms with E-state index in [0.717, 1.165) is 135 Å². The molecule has 0 N–H and O–H groups in total. The molecule has 82 heavy (non-hydrogen) atoms. The van der Waals surface area contributed by atoms with E-state index in [4.69, 9.17) is 14.2 Å². The highest BCUT2D eigenvalue weighted by Gasteiger charge is 2.19. The van der Waals surface area contributed by atoms with Crippen LogP contribution in [0.25, 0.3) is 0 Å². The summed E-state index contributed by atoms with van der Waals surface area (Å²) in [6.45, 7) is 6.32. The Bertz CT molecular complexity index is 1920. The Balaban J connectivity index is 4.57. The van der Waals surface area contributed by atoms with Gasteiger partial charge in [0.15, 0.2) is 6.10 Å². The molecule has 458 valence electrons. The van der Waals surface area contributed by atoms with Crippen LogP contribution in [0.3, 0.4) is 0 Å². The van der Waals surface area contributed by atoms with Crippen molar-refractivity contribution >= 4 is 17.9 Å². The van der Waals surface area contributed by atoms with Gasteiger partial charge in [0.2, 0.25) is 0 Å². The summed E-state index contributed by atoms with van der Waals surface area (Å²) in [5, 5.41) is 0. The van der Waals surface area contributed by atoms with Crippen LogP contribution in [-0.4, -0.2) is 37.2 Å². The summed E-state index contributed by atoms with van der Waals surface area (Å²) in [5.74, 6) is -1.03. The van der Waals surface area contributed by atoms with Crippen LogP contribution < -0.4 is 0 Å². The Morgan fingerprint density at radius 3 is 0.780 bits per heavy atom. The van der Waals surface area contributed by atoms with Crippen molar-refractivity contribution in [1.29, 1.82) is 0 Å². The summed E-state index contributed by atoms with van der Waals surface area (Å²) >= 11 is 0. The normalized spacial score (nSPS) is 13.4. The Hall–Kier alpha value is -5.49. The molecule has 0 amide bonds. The summed E-state index contributed by atoms with van der Waals surface area (Å²) in [6, 6.07) is 0. The molecule has 1 unspecified atom stereocenters. The van der Waals surface area contributed by atoms with Crippen molar-refractivity contribution in [2.75, 3.05) is 13.2 Å². The molecule has 0 bridgehead atoms. The Labute approximate surface area is 504 Å². The zero-order valence-corrected chi connectivity index (χ0v) is 52.4. The van der Waals surface area contributed by atoms with Gasteiger partial charge in [-0.15, -0.1) is 0 Å². The number of carbonyl (C=O) groups excluding carboxylic acids is 3. The van der Waals surface area contributed by atoms with Gasteiger partial charge in [-0.2, -0.15) is 0 Å². The van der Waals surface area contributed by atoms with Gasteiger partial charge in [-0.1, -0.05) is 287 Å². The number of carbonyl (C=O) groups is 3. The predicted octanol–water partition coefficient (Wildman–Crippen LogP) is 22.8. The lowest BCUT2D eigenvalue weighted by atomic mass is 10.0. The lowest BCUT2D eigenvalue weighted by Crippen LogP contribution is -2.30. The van der Waals surface area contributed by atoms with E-state index in [1.807, 2.05) is 0 Å². The quantitative estimate of drug-likeness (QED) is 0.0261. The minimum atomic E-state index is -0.837. The van der Waals surface area contributed by atoms with Gasteiger partial charge in [0.25, 0.3) is 0 Å². The summed E-state index contributed by atoms with van der Waals surface area (Å²) in [5.41, 5.74) is 0. The molecule has 0 fully saturated rings. The number of unbranched alkanes of at least 4 members (excludes halogenated alkanes) is 16. The highest BCUT2D eigenvalue weighted by atomic mass is 16.6. The molecule has 0 aliphatic rings. The van der Waals surface area contributed by atoms with Crippen LogP contribution in [0.1, 0.15) is 258 Å². The van der Waals surface area contributed by atoms with Gasteiger partial charge < -0.3 is 14.2 Å². The minimum Gasteiger partial charge on any atom is -0.462 e. The second kappa shape index (κ2) is 68.0. The van der Waals surface area contributed by atoms with E-state index in [9.17, 15) is 14.4 Å². The predicted molar refractivity (Wildman–Crippen MR) is 357 cm³/mol. The van der Waals surface area contributed by atoms with Crippen molar-refractivity contribution in [2.45, 2.75) is 264 Å². The van der Waals surface area contributed by atoms with Crippen molar-refractivity contribution < 1.29 is 28.6 Å². The van der Waals surface area contributed by atoms with Crippen LogP contribution in [0, 0.1) is 0 Å². The lowest BCUT2D eigenvalue weighted by molar-refractivity contribution is -0.167. The fourth-order valence-corrected chi connectivity index (χ4v) is 8.33. The Morgan fingerprint density at radius 1 is 0.256 bits per heavy atom. The van der Waals surface area contributed by atoms with Gasteiger partial charge in [0.1, 0.15) is 13.2 Å². The largest absolute Gasteiger partial charge is 0.462 e. The molecular formula is C76H118O6. The first kappa shape index (κ1) is 76.5. The zero-order chi connectivity index (χ0) is 59.2. The van der Waals surface area contributed by atoms with E-state index in [2.05, 4.69) is 203 Å². The van der Waals surface area contributed by atoms with Crippen molar-refractivity contribution in [3.05, 3.63) is 182 Å². The Morgan fingerprint density at radius 2 is 0.488 bits per heavy atom. The molecule has 0 aliphatic carbocycles. The van der Waals surface area contributed by atoms with Crippen LogP contribution in [0.4, 0.5) is 0 Å². The fourth-order valence-electron chi connectivity index (χ4n) is 8.33.